The van der Waals surface area contributed by atoms with Crippen LogP contribution in [-0.2, 0) is 12.8 Å². The van der Waals surface area contributed by atoms with Crippen molar-refractivity contribution in [3.05, 3.63) is 106 Å². The normalized spacial score (nSPS) is 20.4. The lowest BCUT2D eigenvalue weighted by molar-refractivity contribution is 0.553. The number of nitrogens with one attached hydrogen (secondary N) is 4. The molecule has 4 heteroatoms. The van der Waals surface area contributed by atoms with E-state index in [9.17, 15) is 0 Å². The Balaban J connectivity index is 1.25. The molecule has 0 radical (unpaired) electrons. The highest BCUT2D eigenvalue weighted by atomic mass is 15.0. The number of H-pyrrole nitrogens is 2. The second-order valence-corrected chi connectivity index (χ2v) is 9.07. The molecule has 5 aromatic rings. The van der Waals surface area contributed by atoms with E-state index in [0.29, 0.717) is 0 Å². The maximum Gasteiger partial charge on any atom is 0.0732 e. The summed E-state index contributed by atoms with van der Waals surface area (Å²) in [6.07, 6.45) is 2.15. The lowest BCUT2D eigenvalue weighted by Gasteiger charge is -2.27. The van der Waals surface area contributed by atoms with Crippen LogP contribution in [0.15, 0.2) is 72.8 Å². The van der Waals surface area contributed by atoms with Crippen LogP contribution in [0.4, 0.5) is 0 Å². The zero-order valence-electron chi connectivity index (χ0n) is 17.9. The highest BCUT2D eigenvalue weighted by molar-refractivity contribution is 5.86. The van der Waals surface area contributed by atoms with Gasteiger partial charge >= 0.3 is 0 Å². The maximum atomic E-state index is 3.73. The molecule has 4 nitrogen and oxygen atoms in total. The Hall–Kier alpha value is -3.34. The molecule has 2 aromatic heterocycles. The summed E-state index contributed by atoms with van der Waals surface area (Å²) in [5.74, 6) is 0. The Morgan fingerprint density at radius 1 is 0.531 bits per heavy atom. The van der Waals surface area contributed by atoms with Crippen molar-refractivity contribution in [1.82, 2.24) is 20.6 Å². The van der Waals surface area contributed by atoms with E-state index in [2.05, 4.69) is 93.4 Å². The summed E-state index contributed by atoms with van der Waals surface area (Å²) in [7, 11) is 0. The van der Waals surface area contributed by atoms with Gasteiger partial charge in [0.25, 0.3) is 0 Å². The monoisotopic (exact) mass is 418 g/mol. The summed E-state index contributed by atoms with van der Waals surface area (Å²) in [6.45, 7) is 2.01. The molecule has 0 saturated heterocycles. The number of hydrogen-bond acceptors (Lipinski definition) is 2. The third-order valence-corrected chi connectivity index (χ3v) is 7.32. The van der Waals surface area contributed by atoms with Crippen LogP contribution >= 0.6 is 0 Å². The van der Waals surface area contributed by atoms with E-state index in [1.807, 2.05) is 0 Å². The molecule has 7 rings (SSSR count). The van der Waals surface area contributed by atoms with E-state index in [1.54, 1.807) is 0 Å². The van der Waals surface area contributed by atoms with Crippen LogP contribution in [0.2, 0.25) is 0 Å². The van der Waals surface area contributed by atoms with Gasteiger partial charge in [-0.2, -0.15) is 0 Å². The van der Waals surface area contributed by atoms with Crippen LogP contribution in [0, 0.1) is 0 Å². The Kier molecular flexibility index (Phi) is 4.04. The molecule has 0 fully saturated rings. The molecule has 2 atom stereocenters. The van der Waals surface area contributed by atoms with Gasteiger partial charge in [0.15, 0.2) is 0 Å². The van der Waals surface area contributed by atoms with Crippen molar-refractivity contribution in [3.8, 4) is 0 Å². The van der Waals surface area contributed by atoms with Gasteiger partial charge in [0.1, 0.15) is 0 Å². The molecule has 4 N–H and O–H groups in total. The second-order valence-electron chi connectivity index (χ2n) is 9.07. The van der Waals surface area contributed by atoms with Crippen molar-refractivity contribution in [2.45, 2.75) is 24.9 Å². The summed E-state index contributed by atoms with van der Waals surface area (Å²) < 4.78 is 0. The summed E-state index contributed by atoms with van der Waals surface area (Å²) in [5, 5.41) is 10.2. The van der Waals surface area contributed by atoms with Crippen molar-refractivity contribution >= 4 is 21.8 Å². The van der Waals surface area contributed by atoms with Crippen LogP contribution in [0.1, 0.15) is 45.7 Å². The van der Waals surface area contributed by atoms with Gasteiger partial charge in [0, 0.05) is 46.3 Å². The van der Waals surface area contributed by atoms with E-state index >= 15 is 0 Å². The van der Waals surface area contributed by atoms with Gasteiger partial charge in [-0.05, 0) is 47.2 Å². The van der Waals surface area contributed by atoms with Crippen LogP contribution in [0.25, 0.3) is 21.8 Å². The number of aromatic amines is 2. The molecule has 2 aliphatic rings. The van der Waals surface area contributed by atoms with E-state index in [0.717, 1.165) is 25.9 Å². The van der Waals surface area contributed by atoms with E-state index < -0.39 is 0 Å². The second kappa shape index (κ2) is 7.09. The maximum absolute atomic E-state index is 3.73. The van der Waals surface area contributed by atoms with Crippen molar-refractivity contribution in [1.29, 1.82) is 0 Å². The first-order valence-corrected chi connectivity index (χ1v) is 11.6. The fourth-order valence-electron chi connectivity index (χ4n) is 5.81. The predicted molar refractivity (Wildman–Crippen MR) is 130 cm³/mol. The van der Waals surface area contributed by atoms with Crippen LogP contribution in [0.5, 0.6) is 0 Å². The van der Waals surface area contributed by atoms with Crippen molar-refractivity contribution in [2.75, 3.05) is 13.1 Å². The molecule has 3 aromatic carbocycles. The minimum absolute atomic E-state index is 0.211. The summed E-state index contributed by atoms with van der Waals surface area (Å²) >= 11 is 0. The molecule has 0 bridgehead atoms. The molecule has 0 aliphatic carbocycles. The molecule has 0 amide bonds. The lowest BCUT2D eigenvalue weighted by Crippen LogP contribution is -2.31. The average Bonchev–Trinajstić information content (AvgIpc) is 3.42. The molecular weight excluding hydrogens is 392 g/mol. The van der Waals surface area contributed by atoms with Gasteiger partial charge in [-0.15, -0.1) is 0 Å². The molecule has 0 spiro atoms. The van der Waals surface area contributed by atoms with Gasteiger partial charge in [-0.1, -0.05) is 60.7 Å². The molecule has 2 unspecified atom stereocenters. The van der Waals surface area contributed by atoms with Crippen LogP contribution in [0.3, 0.4) is 0 Å². The molecular formula is C28H26N4. The van der Waals surface area contributed by atoms with Gasteiger partial charge in [-0.3, -0.25) is 0 Å². The first-order chi connectivity index (χ1) is 15.9. The van der Waals surface area contributed by atoms with E-state index in [4.69, 9.17) is 0 Å². The van der Waals surface area contributed by atoms with Gasteiger partial charge < -0.3 is 20.6 Å². The summed E-state index contributed by atoms with van der Waals surface area (Å²) in [4.78, 5) is 7.38. The minimum Gasteiger partial charge on any atom is -0.357 e. The Labute approximate surface area is 187 Å². The number of para-hydroxylation sites is 2. The van der Waals surface area contributed by atoms with E-state index in [1.165, 1.54) is 55.4 Å². The van der Waals surface area contributed by atoms with Crippen LogP contribution in [-0.4, -0.2) is 23.1 Å². The minimum atomic E-state index is 0.211. The number of fused-ring (bicyclic) bond motifs is 6. The highest BCUT2D eigenvalue weighted by Gasteiger charge is 2.27. The zero-order chi connectivity index (χ0) is 21.1. The summed E-state index contributed by atoms with van der Waals surface area (Å²) in [6, 6.07) is 26.9. The smallest absolute Gasteiger partial charge is 0.0732 e. The van der Waals surface area contributed by atoms with Crippen molar-refractivity contribution in [2.24, 2.45) is 0 Å². The third kappa shape index (κ3) is 2.70. The van der Waals surface area contributed by atoms with E-state index in [-0.39, 0.29) is 12.1 Å². The van der Waals surface area contributed by atoms with Gasteiger partial charge in [0.2, 0.25) is 0 Å². The van der Waals surface area contributed by atoms with Crippen LogP contribution < -0.4 is 10.6 Å². The zero-order valence-corrected chi connectivity index (χ0v) is 17.9. The highest BCUT2D eigenvalue weighted by Crippen LogP contribution is 2.36. The third-order valence-electron chi connectivity index (χ3n) is 7.32. The number of benzene rings is 3. The van der Waals surface area contributed by atoms with Crippen molar-refractivity contribution in [3.63, 3.8) is 0 Å². The molecule has 4 heterocycles. The quantitative estimate of drug-likeness (QED) is 0.322. The first kappa shape index (κ1) is 18.3. The lowest BCUT2D eigenvalue weighted by atomic mass is 9.91. The first-order valence-electron chi connectivity index (χ1n) is 11.6. The standard InChI is InChI=1S/C28H26N4/c1-3-7-23-19(5-1)21-13-15-29-25(27(21)31-23)17-9-11-18(12-10-17)26-28-22(14-16-30-26)20-6-2-4-8-24(20)32-28/h1-12,25-26,29-32H,13-16H2. The predicted octanol–water partition coefficient (Wildman–Crippen LogP) is 5.12. The number of hydrogen-bond donors (Lipinski definition) is 4. The largest absolute Gasteiger partial charge is 0.357 e. The van der Waals surface area contributed by atoms with Gasteiger partial charge in [-0.25, -0.2) is 0 Å². The molecule has 2 aliphatic heterocycles. The summed E-state index contributed by atoms with van der Waals surface area (Å²) in [5.41, 5.74) is 10.7. The topological polar surface area (TPSA) is 55.6 Å². The van der Waals surface area contributed by atoms with Gasteiger partial charge in [0.05, 0.1) is 12.1 Å². The molecule has 0 saturated carbocycles. The van der Waals surface area contributed by atoms with Crippen molar-refractivity contribution < 1.29 is 0 Å². The SMILES string of the molecule is c1ccc2c3c([nH]c2c1)C(c1ccc(C2NCCc4c2[nH]c2ccccc42)cc1)NCC3. The average molecular weight is 419 g/mol. The number of rotatable bonds is 2. The Morgan fingerprint density at radius 3 is 1.44 bits per heavy atom. The Bertz CT molecular complexity index is 1330. The Morgan fingerprint density at radius 2 is 0.969 bits per heavy atom. The molecule has 32 heavy (non-hydrogen) atoms. The fraction of sp³-hybridized carbons (Fsp3) is 0.214. The number of aromatic nitrogens is 2. The molecule has 158 valence electrons. The fourth-order valence-corrected chi connectivity index (χ4v) is 5.81.